The van der Waals surface area contributed by atoms with Crippen molar-refractivity contribution in [3.05, 3.63) is 83.1 Å². The van der Waals surface area contributed by atoms with Gasteiger partial charge in [0.25, 0.3) is 0 Å². The van der Waals surface area contributed by atoms with Gasteiger partial charge in [0.05, 0.1) is 21.8 Å². The van der Waals surface area contributed by atoms with Gasteiger partial charge >= 0.3 is 12.2 Å². The second kappa shape index (κ2) is 11.3. The van der Waals surface area contributed by atoms with E-state index < -0.39 is 22.8 Å². The first-order chi connectivity index (χ1) is 18.1. The summed E-state index contributed by atoms with van der Waals surface area (Å²) in [4.78, 5) is 25.0. The first-order valence-corrected chi connectivity index (χ1v) is 11.8. The van der Waals surface area contributed by atoms with E-state index in [-0.39, 0.29) is 11.6 Å². The Hall–Kier alpha value is -4.38. The molecule has 8 nitrogen and oxygen atoms in total. The Bertz CT molecular complexity index is 1470. The van der Waals surface area contributed by atoms with Crippen molar-refractivity contribution in [1.82, 2.24) is 15.0 Å². The Balaban J connectivity index is 1.54. The van der Waals surface area contributed by atoms with Crippen LogP contribution in [0.2, 0.25) is 5.02 Å². The lowest BCUT2D eigenvalue weighted by molar-refractivity contribution is -0.137. The first kappa shape index (κ1) is 26.7. The molecule has 0 bridgehead atoms. The molecule has 0 saturated carbocycles. The highest BCUT2D eigenvalue weighted by atomic mass is 35.5. The number of carbonyl (C=O) groups is 1. The molecule has 0 atom stereocenters. The number of nitrogen functional groups attached to an aromatic ring is 1. The standard InChI is InChI=1S/C26H22ClF3N6O2/c1-2-4-15-13-16(34-25(37)35-17-6-8-20(27)19(14-17)26(28,29)30)7-9-22(15)38-23-18(5-3-11-32-23)21-10-12-33-24(31)36-21/h3,5-14H,2,4H2,1H3,(H2,31,33,36)(H2,34,35,37). The Labute approximate surface area is 221 Å². The first-order valence-electron chi connectivity index (χ1n) is 11.4. The molecule has 0 aliphatic carbocycles. The second-order valence-electron chi connectivity index (χ2n) is 8.10. The van der Waals surface area contributed by atoms with Crippen LogP contribution in [-0.4, -0.2) is 21.0 Å². The maximum absolute atomic E-state index is 13.1. The number of hydrogen-bond donors (Lipinski definition) is 3. The number of hydrogen-bond acceptors (Lipinski definition) is 6. The SMILES string of the molecule is CCCc1cc(NC(=O)Nc2ccc(Cl)c(C(F)(F)F)c2)ccc1Oc1ncccc1-c1ccnc(N)n1. The third-order valence-corrected chi connectivity index (χ3v) is 5.62. The van der Waals surface area contributed by atoms with Crippen molar-refractivity contribution in [3.63, 3.8) is 0 Å². The molecule has 4 N–H and O–H groups in total. The number of ether oxygens (including phenoxy) is 1. The van der Waals surface area contributed by atoms with E-state index in [1.807, 2.05) is 6.92 Å². The van der Waals surface area contributed by atoms with Crippen LogP contribution in [0.5, 0.6) is 11.6 Å². The van der Waals surface area contributed by atoms with Gasteiger partial charge in [-0.2, -0.15) is 13.2 Å². The topological polar surface area (TPSA) is 115 Å². The number of nitrogens with zero attached hydrogens (tertiary/aromatic N) is 3. The molecular formula is C26H22ClF3N6O2. The summed E-state index contributed by atoms with van der Waals surface area (Å²) in [6.07, 6.45) is -0.111. The summed E-state index contributed by atoms with van der Waals surface area (Å²) in [5, 5.41) is 4.57. The molecule has 196 valence electrons. The van der Waals surface area contributed by atoms with Crippen LogP contribution in [0.3, 0.4) is 0 Å². The number of halogens is 4. The molecule has 0 radical (unpaired) electrons. The number of anilines is 3. The molecule has 2 amide bonds. The summed E-state index contributed by atoms with van der Waals surface area (Å²) in [5.41, 5.74) is 7.00. The molecule has 0 fully saturated rings. The summed E-state index contributed by atoms with van der Waals surface area (Å²) in [6.45, 7) is 1.99. The van der Waals surface area contributed by atoms with E-state index in [1.54, 1.807) is 42.6 Å². The van der Waals surface area contributed by atoms with E-state index in [4.69, 9.17) is 22.1 Å². The minimum atomic E-state index is -4.65. The number of nitrogens with two attached hydrogens (primary N) is 1. The third kappa shape index (κ3) is 6.48. The highest BCUT2D eigenvalue weighted by Gasteiger charge is 2.33. The van der Waals surface area contributed by atoms with E-state index in [1.165, 1.54) is 12.3 Å². The summed E-state index contributed by atoms with van der Waals surface area (Å²) < 4.78 is 45.5. The smallest absolute Gasteiger partial charge is 0.417 e. The highest BCUT2D eigenvalue weighted by Crippen LogP contribution is 2.36. The van der Waals surface area contributed by atoms with Gasteiger partial charge in [-0.05, 0) is 66.6 Å². The average Bonchev–Trinajstić information content (AvgIpc) is 2.86. The lowest BCUT2D eigenvalue weighted by atomic mass is 10.1. The van der Waals surface area contributed by atoms with Gasteiger partial charge in [-0.25, -0.2) is 19.7 Å². The van der Waals surface area contributed by atoms with Gasteiger partial charge < -0.3 is 21.1 Å². The largest absolute Gasteiger partial charge is 0.438 e. The van der Waals surface area contributed by atoms with Crippen LogP contribution in [0.15, 0.2) is 67.0 Å². The van der Waals surface area contributed by atoms with Crippen molar-refractivity contribution in [2.24, 2.45) is 0 Å². The lowest BCUT2D eigenvalue weighted by Gasteiger charge is -2.15. The van der Waals surface area contributed by atoms with Crippen LogP contribution < -0.4 is 21.1 Å². The molecule has 0 aliphatic rings. The van der Waals surface area contributed by atoms with Crippen molar-refractivity contribution in [1.29, 1.82) is 0 Å². The molecule has 0 aliphatic heterocycles. The molecular weight excluding hydrogens is 521 g/mol. The number of urea groups is 1. The fourth-order valence-electron chi connectivity index (χ4n) is 3.63. The van der Waals surface area contributed by atoms with Crippen LogP contribution in [0.25, 0.3) is 11.3 Å². The minimum absolute atomic E-state index is 0.0546. The van der Waals surface area contributed by atoms with E-state index in [0.29, 0.717) is 35.0 Å². The number of pyridine rings is 1. The van der Waals surface area contributed by atoms with Crippen LogP contribution in [-0.2, 0) is 12.6 Å². The van der Waals surface area contributed by atoms with Crippen LogP contribution in [0.4, 0.5) is 35.3 Å². The zero-order chi connectivity index (χ0) is 27.3. The number of aryl methyl sites for hydroxylation is 1. The summed E-state index contributed by atoms with van der Waals surface area (Å²) in [6, 6.07) is 12.7. The quantitative estimate of drug-likeness (QED) is 0.228. The van der Waals surface area contributed by atoms with Crippen LogP contribution in [0.1, 0.15) is 24.5 Å². The molecule has 0 spiro atoms. The van der Waals surface area contributed by atoms with Gasteiger partial charge in [-0.1, -0.05) is 24.9 Å². The molecule has 0 unspecified atom stereocenters. The minimum Gasteiger partial charge on any atom is -0.438 e. The van der Waals surface area contributed by atoms with Crippen LogP contribution >= 0.6 is 11.6 Å². The Kier molecular flexibility index (Phi) is 7.96. The van der Waals surface area contributed by atoms with Crippen molar-refractivity contribution < 1.29 is 22.7 Å². The highest BCUT2D eigenvalue weighted by molar-refractivity contribution is 6.31. The van der Waals surface area contributed by atoms with Gasteiger partial charge in [0, 0.05) is 23.8 Å². The molecule has 4 aromatic rings. The molecule has 2 heterocycles. The van der Waals surface area contributed by atoms with E-state index in [9.17, 15) is 18.0 Å². The van der Waals surface area contributed by atoms with E-state index in [0.717, 1.165) is 24.1 Å². The maximum Gasteiger partial charge on any atom is 0.417 e. The number of amides is 2. The zero-order valence-electron chi connectivity index (χ0n) is 20.0. The monoisotopic (exact) mass is 542 g/mol. The van der Waals surface area contributed by atoms with Gasteiger partial charge in [-0.15, -0.1) is 0 Å². The molecule has 2 aromatic carbocycles. The van der Waals surface area contributed by atoms with Gasteiger partial charge in [-0.3, -0.25) is 0 Å². The van der Waals surface area contributed by atoms with Crippen molar-refractivity contribution in [2.45, 2.75) is 25.9 Å². The number of carbonyl (C=O) groups excluding carboxylic acids is 1. The molecule has 12 heteroatoms. The number of nitrogens with one attached hydrogen (secondary N) is 2. The summed E-state index contributed by atoms with van der Waals surface area (Å²) >= 11 is 5.64. The maximum atomic E-state index is 13.1. The Morgan fingerprint density at radius 2 is 1.76 bits per heavy atom. The molecule has 2 aromatic heterocycles. The van der Waals surface area contributed by atoms with Crippen molar-refractivity contribution >= 4 is 35.0 Å². The average molecular weight is 543 g/mol. The van der Waals surface area contributed by atoms with Gasteiger partial charge in [0.1, 0.15) is 5.75 Å². The molecule has 38 heavy (non-hydrogen) atoms. The normalized spacial score (nSPS) is 11.2. The van der Waals surface area contributed by atoms with Gasteiger partial charge in [0.15, 0.2) is 0 Å². The van der Waals surface area contributed by atoms with Gasteiger partial charge in [0.2, 0.25) is 11.8 Å². The fraction of sp³-hybridized carbons (Fsp3) is 0.154. The molecule has 4 rings (SSSR count). The number of alkyl halides is 3. The lowest BCUT2D eigenvalue weighted by Crippen LogP contribution is -2.20. The second-order valence-corrected chi connectivity index (χ2v) is 8.51. The summed E-state index contributed by atoms with van der Waals surface area (Å²) in [5.74, 6) is 0.947. The predicted octanol–water partition coefficient (Wildman–Crippen LogP) is 7.18. The third-order valence-electron chi connectivity index (χ3n) is 5.30. The number of aromatic nitrogens is 3. The van der Waals surface area contributed by atoms with Crippen molar-refractivity contribution in [2.75, 3.05) is 16.4 Å². The Morgan fingerprint density at radius 1 is 1.03 bits per heavy atom. The van der Waals surface area contributed by atoms with E-state index >= 15 is 0 Å². The van der Waals surface area contributed by atoms with Crippen LogP contribution in [0, 0.1) is 0 Å². The summed E-state index contributed by atoms with van der Waals surface area (Å²) in [7, 11) is 0. The Morgan fingerprint density at radius 3 is 2.47 bits per heavy atom. The molecule has 0 saturated heterocycles. The van der Waals surface area contributed by atoms with E-state index in [2.05, 4.69) is 25.6 Å². The van der Waals surface area contributed by atoms with Crippen molar-refractivity contribution in [3.8, 4) is 22.9 Å². The fourth-order valence-corrected chi connectivity index (χ4v) is 3.85. The number of rotatable bonds is 7. The zero-order valence-corrected chi connectivity index (χ0v) is 20.8. The number of benzene rings is 2. The predicted molar refractivity (Wildman–Crippen MR) is 139 cm³/mol.